The Morgan fingerprint density at radius 1 is 1.12 bits per heavy atom. The average molecular weight is 360 g/mol. The molecule has 0 atom stereocenters. The van der Waals surface area contributed by atoms with Crippen LogP contribution in [-0.4, -0.2) is 17.4 Å². The van der Waals surface area contributed by atoms with Crippen molar-refractivity contribution in [1.82, 2.24) is 4.68 Å². The zero-order valence-electron chi connectivity index (χ0n) is 13.0. The van der Waals surface area contributed by atoms with E-state index >= 15 is 0 Å². The normalized spacial score (nSPS) is 12.2. The molecule has 3 aromatic rings. The maximum Gasteiger partial charge on any atom is 0.206 e. The van der Waals surface area contributed by atoms with Crippen LogP contribution in [0.2, 0.25) is 5.02 Å². The van der Waals surface area contributed by atoms with Crippen LogP contribution in [0.1, 0.15) is 12.5 Å². The van der Waals surface area contributed by atoms with E-state index in [2.05, 4.69) is 10.1 Å². The minimum Gasteiger partial charge on any atom is -0.258 e. The molecular weight excluding hydrogens is 345 g/mol. The van der Waals surface area contributed by atoms with E-state index in [1.54, 1.807) is 23.0 Å². The van der Waals surface area contributed by atoms with E-state index in [-0.39, 0.29) is 5.82 Å². The molecule has 0 unspecified atom stereocenters. The molecule has 0 fully saturated rings. The highest BCUT2D eigenvalue weighted by Crippen LogP contribution is 2.22. The monoisotopic (exact) mass is 359 g/mol. The second kappa shape index (κ2) is 7.55. The van der Waals surface area contributed by atoms with Crippen LogP contribution < -0.4 is 4.80 Å². The van der Waals surface area contributed by atoms with E-state index in [1.807, 2.05) is 36.6 Å². The minimum atomic E-state index is -0.265. The lowest BCUT2D eigenvalue weighted by Crippen LogP contribution is -2.12. The highest BCUT2D eigenvalue weighted by atomic mass is 35.5. The first kappa shape index (κ1) is 16.6. The fourth-order valence-electron chi connectivity index (χ4n) is 2.15. The van der Waals surface area contributed by atoms with Crippen molar-refractivity contribution in [3.63, 3.8) is 0 Å². The highest BCUT2D eigenvalue weighted by Gasteiger charge is 2.07. The Labute approximate surface area is 148 Å². The van der Waals surface area contributed by atoms with Gasteiger partial charge in [-0.1, -0.05) is 35.9 Å². The number of aromatic nitrogens is 1. The predicted molar refractivity (Wildman–Crippen MR) is 98.3 cm³/mol. The summed E-state index contributed by atoms with van der Waals surface area (Å²) in [7, 11) is 0. The Kier molecular flexibility index (Phi) is 5.23. The van der Waals surface area contributed by atoms with Gasteiger partial charge in [0.25, 0.3) is 0 Å². The van der Waals surface area contributed by atoms with E-state index in [0.717, 1.165) is 21.6 Å². The van der Waals surface area contributed by atoms with Crippen LogP contribution in [0.15, 0.2) is 64.0 Å². The number of benzene rings is 2. The van der Waals surface area contributed by atoms with E-state index in [9.17, 15) is 4.39 Å². The Hall–Kier alpha value is -2.24. The second-order valence-electron chi connectivity index (χ2n) is 4.99. The topological polar surface area (TPSA) is 29.6 Å². The molecule has 0 aliphatic heterocycles. The van der Waals surface area contributed by atoms with Crippen LogP contribution in [0.25, 0.3) is 11.3 Å². The molecule has 3 nitrogen and oxygen atoms in total. The van der Waals surface area contributed by atoms with Crippen molar-refractivity contribution in [3.8, 4) is 11.3 Å². The SMILES string of the molecule is CCN=c1scc(-c2ccc(Cl)cc2)n1N=Cc1ccc(F)cc1. The number of hydrogen-bond acceptors (Lipinski definition) is 3. The Balaban J connectivity index is 2.04. The zero-order chi connectivity index (χ0) is 16.9. The summed E-state index contributed by atoms with van der Waals surface area (Å²) < 4.78 is 14.8. The van der Waals surface area contributed by atoms with Gasteiger partial charge in [-0.05, 0) is 36.8 Å². The van der Waals surface area contributed by atoms with Crippen LogP contribution in [0, 0.1) is 5.82 Å². The third kappa shape index (κ3) is 3.80. The lowest BCUT2D eigenvalue weighted by molar-refractivity contribution is 0.628. The average Bonchev–Trinajstić information content (AvgIpc) is 2.98. The van der Waals surface area contributed by atoms with Gasteiger partial charge in [-0.2, -0.15) is 5.10 Å². The van der Waals surface area contributed by atoms with Gasteiger partial charge < -0.3 is 0 Å². The molecule has 0 saturated heterocycles. The van der Waals surface area contributed by atoms with Gasteiger partial charge in [-0.3, -0.25) is 4.99 Å². The van der Waals surface area contributed by atoms with Crippen molar-refractivity contribution in [1.29, 1.82) is 0 Å². The van der Waals surface area contributed by atoms with E-state index < -0.39 is 0 Å². The van der Waals surface area contributed by atoms with Crippen molar-refractivity contribution in [2.75, 3.05) is 6.54 Å². The molecule has 0 N–H and O–H groups in total. The molecule has 2 aromatic carbocycles. The number of thiazole rings is 1. The summed E-state index contributed by atoms with van der Waals surface area (Å²) in [5.41, 5.74) is 2.76. The van der Waals surface area contributed by atoms with Gasteiger partial charge >= 0.3 is 0 Å². The molecule has 0 amide bonds. The fraction of sp³-hybridized carbons (Fsp3) is 0.111. The molecular formula is C18H15ClFN3S. The summed E-state index contributed by atoms with van der Waals surface area (Å²) in [6, 6.07) is 13.8. The van der Waals surface area contributed by atoms with Gasteiger partial charge in [0.2, 0.25) is 4.80 Å². The van der Waals surface area contributed by atoms with Crippen LogP contribution >= 0.6 is 22.9 Å². The third-order valence-corrected chi connectivity index (χ3v) is 4.42. The third-order valence-electron chi connectivity index (χ3n) is 3.31. The largest absolute Gasteiger partial charge is 0.258 e. The number of rotatable bonds is 4. The summed E-state index contributed by atoms with van der Waals surface area (Å²) >= 11 is 7.49. The maximum absolute atomic E-state index is 13.0. The highest BCUT2D eigenvalue weighted by molar-refractivity contribution is 7.07. The van der Waals surface area contributed by atoms with Crippen molar-refractivity contribution in [2.45, 2.75) is 6.92 Å². The summed E-state index contributed by atoms with van der Waals surface area (Å²) in [4.78, 5) is 5.28. The number of nitrogens with zero attached hydrogens (tertiary/aromatic N) is 3. The van der Waals surface area contributed by atoms with Crippen LogP contribution in [0.4, 0.5) is 4.39 Å². The quantitative estimate of drug-likeness (QED) is 0.598. The lowest BCUT2D eigenvalue weighted by Gasteiger charge is -2.03. The first-order chi connectivity index (χ1) is 11.7. The molecule has 24 heavy (non-hydrogen) atoms. The van der Waals surface area contributed by atoms with Gasteiger partial charge in [-0.15, -0.1) is 11.3 Å². The predicted octanol–water partition coefficient (Wildman–Crippen LogP) is 4.81. The molecule has 0 spiro atoms. The molecule has 0 aliphatic rings. The summed E-state index contributed by atoms with van der Waals surface area (Å²) in [5.74, 6) is -0.265. The van der Waals surface area contributed by atoms with Gasteiger partial charge in [0, 0.05) is 22.5 Å². The van der Waals surface area contributed by atoms with Crippen LogP contribution in [0.3, 0.4) is 0 Å². The summed E-state index contributed by atoms with van der Waals surface area (Å²) in [6.07, 6.45) is 1.69. The summed E-state index contributed by atoms with van der Waals surface area (Å²) in [5, 5.41) is 7.24. The van der Waals surface area contributed by atoms with Gasteiger partial charge in [0.1, 0.15) is 5.82 Å². The molecule has 1 aromatic heterocycles. The van der Waals surface area contributed by atoms with Crippen molar-refractivity contribution < 1.29 is 4.39 Å². The lowest BCUT2D eigenvalue weighted by atomic mass is 10.2. The zero-order valence-corrected chi connectivity index (χ0v) is 14.6. The molecule has 0 bridgehead atoms. The van der Waals surface area contributed by atoms with E-state index in [1.165, 1.54) is 23.5 Å². The Morgan fingerprint density at radius 3 is 2.50 bits per heavy atom. The van der Waals surface area contributed by atoms with Gasteiger partial charge in [0.05, 0.1) is 11.9 Å². The van der Waals surface area contributed by atoms with Crippen molar-refractivity contribution >= 4 is 29.2 Å². The molecule has 0 radical (unpaired) electrons. The van der Waals surface area contributed by atoms with Gasteiger partial charge in [0.15, 0.2) is 0 Å². The van der Waals surface area contributed by atoms with Gasteiger partial charge in [-0.25, -0.2) is 9.07 Å². The first-order valence-corrected chi connectivity index (χ1v) is 8.70. The molecule has 1 heterocycles. The molecule has 0 aliphatic carbocycles. The van der Waals surface area contributed by atoms with Crippen molar-refractivity contribution in [2.24, 2.45) is 10.1 Å². The number of halogens is 2. The fourth-order valence-corrected chi connectivity index (χ4v) is 3.17. The summed E-state index contributed by atoms with van der Waals surface area (Å²) in [6.45, 7) is 2.66. The van der Waals surface area contributed by atoms with E-state index in [4.69, 9.17) is 11.6 Å². The van der Waals surface area contributed by atoms with Crippen LogP contribution in [-0.2, 0) is 0 Å². The smallest absolute Gasteiger partial charge is 0.206 e. The maximum atomic E-state index is 13.0. The minimum absolute atomic E-state index is 0.265. The molecule has 3 rings (SSSR count). The standard InChI is InChI=1S/C18H15ClFN3S/c1-2-21-18-23(22-11-13-3-9-16(20)10-4-13)17(12-24-18)14-5-7-15(19)8-6-14/h3-12H,2H2,1H3. The molecule has 0 saturated carbocycles. The van der Waals surface area contributed by atoms with E-state index in [0.29, 0.717) is 11.6 Å². The second-order valence-corrected chi connectivity index (χ2v) is 6.27. The number of hydrogen-bond donors (Lipinski definition) is 0. The van der Waals surface area contributed by atoms with Crippen LogP contribution in [0.5, 0.6) is 0 Å². The van der Waals surface area contributed by atoms with Crippen molar-refractivity contribution in [3.05, 3.63) is 75.1 Å². The molecule has 122 valence electrons. The molecule has 6 heteroatoms. The Morgan fingerprint density at radius 2 is 1.83 bits per heavy atom. The Bertz CT molecular complexity index is 909. The first-order valence-electron chi connectivity index (χ1n) is 7.44.